The van der Waals surface area contributed by atoms with E-state index in [4.69, 9.17) is 5.73 Å². The third-order valence-corrected chi connectivity index (χ3v) is 3.43. The summed E-state index contributed by atoms with van der Waals surface area (Å²) < 4.78 is 0. The monoisotopic (exact) mass is 264 g/mol. The van der Waals surface area contributed by atoms with Gasteiger partial charge in [-0.1, -0.05) is 36.4 Å². The number of aromatic nitrogens is 2. The predicted molar refractivity (Wildman–Crippen MR) is 81.9 cm³/mol. The molecule has 0 saturated carbocycles. The minimum atomic E-state index is 0.554. The van der Waals surface area contributed by atoms with Gasteiger partial charge in [-0.3, -0.25) is 0 Å². The Morgan fingerprint density at radius 3 is 2.55 bits per heavy atom. The van der Waals surface area contributed by atoms with Gasteiger partial charge in [-0.25, -0.2) is 0 Å². The molecule has 0 bridgehead atoms. The number of fused-ring (bicyclic) bond motifs is 1. The van der Waals surface area contributed by atoms with Crippen LogP contribution >= 0.6 is 0 Å². The molecular formula is C16H16N4. The van der Waals surface area contributed by atoms with Gasteiger partial charge < -0.3 is 10.6 Å². The molecule has 0 amide bonds. The smallest absolute Gasteiger partial charge is 0.163 e. The van der Waals surface area contributed by atoms with Crippen LogP contribution in [0.2, 0.25) is 0 Å². The van der Waals surface area contributed by atoms with Crippen molar-refractivity contribution in [1.82, 2.24) is 10.2 Å². The van der Waals surface area contributed by atoms with Gasteiger partial charge in [0.15, 0.2) is 5.82 Å². The van der Waals surface area contributed by atoms with Crippen LogP contribution in [-0.4, -0.2) is 17.2 Å². The van der Waals surface area contributed by atoms with E-state index in [-0.39, 0.29) is 0 Å². The minimum Gasteiger partial charge on any atom is -0.327 e. The summed E-state index contributed by atoms with van der Waals surface area (Å²) in [6, 6.07) is 16.3. The SMILES string of the molecule is CN(c1ccc(CN)cc1)c1nncc2ccccc12. The van der Waals surface area contributed by atoms with Crippen LogP contribution < -0.4 is 10.6 Å². The van der Waals surface area contributed by atoms with E-state index < -0.39 is 0 Å². The van der Waals surface area contributed by atoms with Crippen LogP contribution in [0.1, 0.15) is 5.56 Å². The molecule has 1 heterocycles. The quantitative estimate of drug-likeness (QED) is 0.790. The van der Waals surface area contributed by atoms with Crippen molar-refractivity contribution < 1.29 is 0 Å². The van der Waals surface area contributed by atoms with Crippen molar-refractivity contribution in [3.05, 3.63) is 60.3 Å². The lowest BCUT2D eigenvalue weighted by Crippen LogP contribution is -2.12. The molecule has 3 aromatic rings. The molecular weight excluding hydrogens is 248 g/mol. The molecule has 20 heavy (non-hydrogen) atoms. The van der Waals surface area contributed by atoms with Gasteiger partial charge in [0.05, 0.1) is 6.20 Å². The molecule has 4 heteroatoms. The van der Waals surface area contributed by atoms with E-state index in [1.54, 1.807) is 6.20 Å². The third-order valence-electron chi connectivity index (χ3n) is 3.43. The fourth-order valence-electron chi connectivity index (χ4n) is 2.24. The van der Waals surface area contributed by atoms with E-state index in [9.17, 15) is 0 Å². The number of anilines is 2. The summed E-state index contributed by atoms with van der Waals surface area (Å²) in [7, 11) is 1.99. The fraction of sp³-hybridized carbons (Fsp3) is 0.125. The van der Waals surface area contributed by atoms with Crippen molar-refractivity contribution in [2.45, 2.75) is 6.54 Å². The third kappa shape index (κ3) is 2.21. The molecule has 2 N–H and O–H groups in total. The van der Waals surface area contributed by atoms with Crippen LogP contribution in [0, 0.1) is 0 Å². The molecule has 0 radical (unpaired) electrons. The van der Waals surface area contributed by atoms with Gasteiger partial charge in [-0.05, 0) is 17.7 Å². The molecule has 0 aliphatic rings. The van der Waals surface area contributed by atoms with Crippen molar-refractivity contribution in [1.29, 1.82) is 0 Å². The molecule has 0 aliphatic heterocycles. The molecule has 100 valence electrons. The normalized spacial score (nSPS) is 10.7. The van der Waals surface area contributed by atoms with E-state index >= 15 is 0 Å². The number of hydrogen-bond acceptors (Lipinski definition) is 4. The highest BCUT2D eigenvalue weighted by molar-refractivity contribution is 5.92. The largest absolute Gasteiger partial charge is 0.327 e. The first-order valence-electron chi connectivity index (χ1n) is 6.53. The Balaban J connectivity index is 2.05. The van der Waals surface area contributed by atoms with Gasteiger partial charge in [0.2, 0.25) is 0 Å². The summed E-state index contributed by atoms with van der Waals surface area (Å²) in [4.78, 5) is 2.04. The molecule has 0 unspecified atom stereocenters. The van der Waals surface area contributed by atoms with Gasteiger partial charge in [-0.2, -0.15) is 5.10 Å². The van der Waals surface area contributed by atoms with Gasteiger partial charge >= 0.3 is 0 Å². The fourth-order valence-corrected chi connectivity index (χ4v) is 2.24. The Kier molecular flexibility index (Phi) is 3.31. The standard InChI is InChI=1S/C16H16N4/c1-20(14-8-6-12(10-17)7-9-14)16-15-5-3-2-4-13(15)11-18-19-16/h2-9,11H,10,17H2,1H3. The summed E-state index contributed by atoms with van der Waals surface area (Å²) in [5.74, 6) is 0.851. The summed E-state index contributed by atoms with van der Waals surface area (Å²) in [5, 5.41) is 10.5. The van der Waals surface area contributed by atoms with Crippen molar-refractivity contribution in [2.24, 2.45) is 5.73 Å². The maximum atomic E-state index is 5.63. The molecule has 0 saturated heterocycles. The second-order valence-corrected chi connectivity index (χ2v) is 4.69. The van der Waals surface area contributed by atoms with Gasteiger partial charge in [0.1, 0.15) is 0 Å². The van der Waals surface area contributed by atoms with Gasteiger partial charge in [0, 0.05) is 30.1 Å². The van der Waals surface area contributed by atoms with Crippen LogP contribution in [0.4, 0.5) is 11.5 Å². The van der Waals surface area contributed by atoms with Crippen molar-refractivity contribution in [3.63, 3.8) is 0 Å². The summed E-state index contributed by atoms with van der Waals surface area (Å²) >= 11 is 0. The highest BCUT2D eigenvalue weighted by Crippen LogP contribution is 2.28. The molecule has 0 fully saturated rings. The van der Waals surface area contributed by atoms with E-state index in [1.165, 1.54) is 0 Å². The lowest BCUT2D eigenvalue weighted by atomic mass is 10.1. The molecule has 0 atom stereocenters. The van der Waals surface area contributed by atoms with Crippen LogP contribution in [0.3, 0.4) is 0 Å². The second kappa shape index (κ2) is 5.27. The zero-order valence-electron chi connectivity index (χ0n) is 11.3. The summed E-state index contributed by atoms with van der Waals surface area (Å²) in [5.41, 5.74) is 7.81. The van der Waals surface area contributed by atoms with Crippen LogP contribution in [-0.2, 0) is 6.54 Å². The van der Waals surface area contributed by atoms with Crippen molar-refractivity contribution in [3.8, 4) is 0 Å². The van der Waals surface area contributed by atoms with Gasteiger partial charge in [-0.15, -0.1) is 5.10 Å². The Hall–Kier alpha value is -2.46. The lowest BCUT2D eigenvalue weighted by molar-refractivity contribution is 1.00. The second-order valence-electron chi connectivity index (χ2n) is 4.69. The first-order chi connectivity index (χ1) is 9.79. The van der Waals surface area contributed by atoms with Crippen molar-refractivity contribution >= 4 is 22.3 Å². The number of benzene rings is 2. The lowest BCUT2D eigenvalue weighted by Gasteiger charge is -2.19. The first-order valence-corrected chi connectivity index (χ1v) is 6.53. The van der Waals surface area contributed by atoms with Crippen LogP contribution in [0.15, 0.2) is 54.7 Å². The molecule has 0 aliphatic carbocycles. The zero-order chi connectivity index (χ0) is 13.9. The topological polar surface area (TPSA) is 55.0 Å². The zero-order valence-corrected chi connectivity index (χ0v) is 11.3. The maximum Gasteiger partial charge on any atom is 0.163 e. The number of nitrogens with two attached hydrogens (primary N) is 1. The summed E-state index contributed by atoms with van der Waals surface area (Å²) in [6.45, 7) is 0.554. The van der Waals surface area contributed by atoms with Crippen LogP contribution in [0.5, 0.6) is 0 Å². The predicted octanol–water partition coefficient (Wildman–Crippen LogP) is 2.86. The Morgan fingerprint density at radius 1 is 1.05 bits per heavy atom. The van der Waals surface area contributed by atoms with E-state index in [2.05, 4.69) is 16.3 Å². The maximum absolute atomic E-state index is 5.63. The average molecular weight is 264 g/mol. The molecule has 3 rings (SSSR count). The van der Waals surface area contributed by atoms with E-state index in [0.717, 1.165) is 27.8 Å². The van der Waals surface area contributed by atoms with Gasteiger partial charge in [0.25, 0.3) is 0 Å². The highest BCUT2D eigenvalue weighted by Gasteiger charge is 2.10. The van der Waals surface area contributed by atoms with Crippen molar-refractivity contribution in [2.75, 3.05) is 11.9 Å². The Bertz CT molecular complexity index is 717. The molecule has 0 spiro atoms. The van der Waals surface area contributed by atoms with E-state index in [0.29, 0.717) is 6.54 Å². The minimum absolute atomic E-state index is 0.554. The van der Waals surface area contributed by atoms with Crippen LogP contribution in [0.25, 0.3) is 10.8 Å². The average Bonchev–Trinajstić information content (AvgIpc) is 2.54. The number of nitrogens with zero attached hydrogens (tertiary/aromatic N) is 3. The molecule has 1 aromatic heterocycles. The Labute approximate surface area is 117 Å². The molecule has 2 aromatic carbocycles. The number of hydrogen-bond donors (Lipinski definition) is 1. The van der Waals surface area contributed by atoms with E-state index in [1.807, 2.05) is 54.4 Å². The Morgan fingerprint density at radius 2 is 1.80 bits per heavy atom. The molecule has 4 nitrogen and oxygen atoms in total. The summed E-state index contributed by atoms with van der Waals surface area (Å²) in [6.07, 6.45) is 1.78. The first kappa shape index (κ1) is 12.6. The highest BCUT2D eigenvalue weighted by atomic mass is 15.2. The number of rotatable bonds is 3.